The minimum absolute atomic E-state index is 0.161. The molecule has 100 valence electrons. The fourth-order valence-corrected chi connectivity index (χ4v) is 2.07. The van der Waals surface area contributed by atoms with Crippen LogP contribution in [0.5, 0.6) is 0 Å². The fourth-order valence-electron chi connectivity index (χ4n) is 2.07. The third-order valence-corrected chi connectivity index (χ3v) is 3.30. The number of nitrogen functional groups attached to an aromatic ring is 1. The van der Waals surface area contributed by atoms with Gasteiger partial charge in [-0.2, -0.15) is 0 Å². The minimum Gasteiger partial charge on any atom is -0.398 e. The molecule has 0 aliphatic heterocycles. The molecule has 3 N–H and O–H groups in total. The fraction of sp³-hybridized carbons (Fsp3) is 0.333. The van der Waals surface area contributed by atoms with Crippen LogP contribution in [0.15, 0.2) is 30.3 Å². The summed E-state index contributed by atoms with van der Waals surface area (Å²) >= 11 is 0. The second-order valence-corrected chi connectivity index (χ2v) is 4.60. The average molecular weight is 257 g/mol. The van der Waals surface area contributed by atoms with Gasteiger partial charge < -0.3 is 11.1 Å². The van der Waals surface area contributed by atoms with Gasteiger partial charge in [0, 0.05) is 17.1 Å². The molecular formula is C15H19N3O. The number of hydrogen-bond acceptors (Lipinski definition) is 3. The summed E-state index contributed by atoms with van der Waals surface area (Å²) < 4.78 is 0. The summed E-state index contributed by atoms with van der Waals surface area (Å²) in [7, 11) is 0. The van der Waals surface area contributed by atoms with Gasteiger partial charge in [0.15, 0.2) is 0 Å². The van der Waals surface area contributed by atoms with Crippen molar-refractivity contribution in [1.29, 1.82) is 0 Å². The summed E-state index contributed by atoms with van der Waals surface area (Å²) in [6.07, 6.45) is 1.82. The van der Waals surface area contributed by atoms with Gasteiger partial charge in [0.1, 0.15) is 5.69 Å². The lowest BCUT2D eigenvalue weighted by atomic mass is 10.1. The summed E-state index contributed by atoms with van der Waals surface area (Å²) in [5.74, 6) is -0.161. The van der Waals surface area contributed by atoms with E-state index in [1.807, 2.05) is 24.3 Å². The Morgan fingerprint density at radius 2 is 2.00 bits per heavy atom. The molecule has 0 fully saturated rings. The highest BCUT2D eigenvalue weighted by molar-refractivity contribution is 5.99. The minimum atomic E-state index is -0.161. The van der Waals surface area contributed by atoms with Gasteiger partial charge in [-0.05, 0) is 25.0 Å². The molecule has 1 aromatic heterocycles. The predicted molar refractivity (Wildman–Crippen MR) is 78.0 cm³/mol. The van der Waals surface area contributed by atoms with E-state index >= 15 is 0 Å². The molecule has 4 heteroatoms. The number of carbonyl (C=O) groups is 1. The number of pyridine rings is 1. The number of aromatic nitrogens is 1. The zero-order valence-corrected chi connectivity index (χ0v) is 11.3. The number of nitrogens with two attached hydrogens (primary N) is 1. The van der Waals surface area contributed by atoms with Crippen LogP contribution < -0.4 is 11.1 Å². The second-order valence-electron chi connectivity index (χ2n) is 4.60. The highest BCUT2D eigenvalue weighted by Gasteiger charge is 2.13. The van der Waals surface area contributed by atoms with E-state index in [2.05, 4.69) is 24.1 Å². The second kappa shape index (κ2) is 5.69. The van der Waals surface area contributed by atoms with E-state index in [1.165, 1.54) is 0 Å². The first-order valence-electron chi connectivity index (χ1n) is 6.61. The number of rotatable bonds is 4. The van der Waals surface area contributed by atoms with Crippen LogP contribution in [-0.4, -0.2) is 16.9 Å². The predicted octanol–water partition coefficient (Wildman–Crippen LogP) is 2.74. The van der Waals surface area contributed by atoms with E-state index in [0.29, 0.717) is 11.4 Å². The molecule has 1 aromatic carbocycles. The highest BCUT2D eigenvalue weighted by Crippen LogP contribution is 2.20. The Morgan fingerprint density at radius 1 is 1.32 bits per heavy atom. The maximum atomic E-state index is 12.1. The summed E-state index contributed by atoms with van der Waals surface area (Å²) in [6.45, 7) is 4.10. The number of fused-ring (bicyclic) bond motifs is 1. The lowest BCUT2D eigenvalue weighted by Gasteiger charge is -2.14. The molecule has 0 saturated carbocycles. The van der Waals surface area contributed by atoms with Crippen molar-refractivity contribution in [2.75, 3.05) is 5.73 Å². The van der Waals surface area contributed by atoms with Gasteiger partial charge in [-0.1, -0.05) is 32.0 Å². The van der Waals surface area contributed by atoms with Crippen molar-refractivity contribution >= 4 is 22.5 Å². The van der Waals surface area contributed by atoms with Crippen molar-refractivity contribution in [3.05, 3.63) is 36.0 Å². The Kier molecular flexibility index (Phi) is 4.00. The first kappa shape index (κ1) is 13.3. The topological polar surface area (TPSA) is 68.0 Å². The zero-order chi connectivity index (χ0) is 13.8. The van der Waals surface area contributed by atoms with Crippen molar-refractivity contribution in [3.63, 3.8) is 0 Å². The molecule has 0 unspecified atom stereocenters. The van der Waals surface area contributed by atoms with E-state index in [1.54, 1.807) is 6.07 Å². The van der Waals surface area contributed by atoms with Crippen molar-refractivity contribution in [2.45, 2.75) is 32.7 Å². The van der Waals surface area contributed by atoms with E-state index in [-0.39, 0.29) is 11.9 Å². The van der Waals surface area contributed by atoms with Crippen LogP contribution in [0, 0.1) is 0 Å². The summed E-state index contributed by atoms with van der Waals surface area (Å²) in [4.78, 5) is 16.5. The van der Waals surface area contributed by atoms with E-state index < -0.39 is 0 Å². The van der Waals surface area contributed by atoms with E-state index in [9.17, 15) is 4.79 Å². The summed E-state index contributed by atoms with van der Waals surface area (Å²) in [6, 6.07) is 9.38. The normalized spacial score (nSPS) is 10.9. The van der Waals surface area contributed by atoms with Gasteiger partial charge >= 0.3 is 0 Å². The van der Waals surface area contributed by atoms with Crippen LogP contribution in [0.25, 0.3) is 10.9 Å². The third kappa shape index (κ3) is 2.84. The number of hydrogen-bond donors (Lipinski definition) is 2. The number of carbonyl (C=O) groups excluding carboxylic acids is 1. The Hall–Kier alpha value is -2.10. The zero-order valence-electron chi connectivity index (χ0n) is 11.3. The van der Waals surface area contributed by atoms with Crippen LogP contribution in [0.1, 0.15) is 37.2 Å². The van der Waals surface area contributed by atoms with Gasteiger partial charge in [0.2, 0.25) is 0 Å². The van der Waals surface area contributed by atoms with Gasteiger partial charge in [-0.3, -0.25) is 4.79 Å². The SMILES string of the molecule is CCC(CC)NC(=O)c1cc(N)c2ccccc2n1. The molecule has 4 nitrogen and oxygen atoms in total. The molecule has 0 atom stereocenters. The molecule has 2 rings (SSSR count). The quantitative estimate of drug-likeness (QED) is 0.885. The molecule has 0 aliphatic carbocycles. The third-order valence-electron chi connectivity index (χ3n) is 3.30. The number of benzene rings is 1. The van der Waals surface area contributed by atoms with E-state index in [4.69, 9.17) is 5.73 Å². The Bertz CT molecular complexity index is 591. The van der Waals surface area contributed by atoms with E-state index in [0.717, 1.165) is 23.7 Å². The van der Waals surface area contributed by atoms with Gasteiger partial charge in [-0.25, -0.2) is 4.98 Å². The average Bonchev–Trinajstić information content (AvgIpc) is 2.44. The Labute approximate surface area is 113 Å². The van der Waals surface area contributed by atoms with Crippen molar-refractivity contribution in [1.82, 2.24) is 10.3 Å². The number of amides is 1. The maximum absolute atomic E-state index is 12.1. The number of anilines is 1. The number of nitrogens with zero attached hydrogens (tertiary/aromatic N) is 1. The van der Waals surface area contributed by atoms with Crippen molar-refractivity contribution < 1.29 is 4.79 Å². The molecule has 0 bridgehead atoms. The first-order chi connectivity index (χ1) is 9.15. The van der Waals surface area contributed by atoms with Crippen LogP contribution in [-0.2, 0) is 0 Å². The molecule has 0 saturated heterocycles. The summed E-state index contributed by atoms with van der Waals surface area (Å²) in [5.41, 5.74) is 7.68. The summed E-state index contributed by atoms with van der Waals surface area (Å²) in [5, 5.41) is 3.84. The first-order valence-corrected chi connectivity index (χ1v) is 6.61. The lowest BCUT2D eigenvalue weighted by Crippen LogP contribution is -2.34. The number of nitrogens with one attached hydrogen (secondary N) is 1. The molecule has 2 aromatic rings. The molecule has 1 heterocycles. The van der Waals surface area contributed by atoms with Gasteiger partial charge in [-0.15, -0.1) is 0 Å². The van der Waals surface area contributed by atoms with Crippen LogP contribution in [0.4, 0.5) is 5.69 Å². The molecule has 19 heavy (non-hydrogen) atoms. The molecule has 0 radical (unpaired) electrons. The maximum Gasteiger partial charge on any atom is 0.270 e. The van der Waals surface area contributed by atoms with Gasteiger partial charge in [0.25, 0.3) is 5.91 Å². The molecular weight excluding hydrogens is 238 g/mol. The van der Waals surface area contributed by atoms with Crippen molar-refractivity contribution in [3.8, 4) is 0 Å². The van der Waals surface area contributed by atoms with Crippen LogP contribution >= 0.6 is 0 Å². The lowest BCUT2D eigenvalue weighted by molar-refractivity contribution is 0.0930. The largest absolute Gasteiger partial charge is 0.398 e. The molecule has 1 amide bonds. The smallest absolute Gasteiger partial charge is 0.270 e. The Morgan fingerprint density at radius 3 is 2.68 bits per heavy atom. The van der Waals surface area contributed by atoms with Crippen molar-refractivity contribution in [2.24, 2.45) is 0 Å². The van der Waals surface area contributed by atoms with Crippen LogP contribution in [0.3, 0.4) is 0 Å². The van der Waals surface area contributed by atoms with Gasteiger partial charge in [0.05, 0.1) is 5.52 Å². The highest BCUT2D eigenvalue weighted by atomic mass is 16.1. The number of para-hydroxylation sites is 1. The molecule has 0 aliphatic rings. The molecule has 0 spiro atoms. The van der Waals surface area contributed by atoms with Crippen LogP contribution in [0.2, 0.25) is 0 Å². The monoisotopic (exact) mass is 257 g/mol. The standard InChI is InChI=1S/C15H19N3O/c1-3-10(4-2)17-15(19)14-9-12(16)11-7-5-6-8-13(11)18-14/h5-10H,3-4H2,1-2H3,(H2,16,18)(H,17,19). The Balaban J connectivity index is 2.32.